The summed E-state index contributed by atoms with van der Waals surface area (Å²) in [5.41, 5.74) is 3.72. The Hall–Kier alpha value is -2.13. The van der Waals surface area contributed by atoms with Crippen LogP contribution in [0.1, 0.15) is 25.0 Å². The molecule has 0 radical (unpaired) electrons. The SMILES string of the molecule is COc1ccc(C(C)=NN=C(C)c2ccc(Cl)cc2)cc1. The number of hydrogen-bond acceptors (Lipinski definition) is 3. The van der Waals surface area contributed by atoms with Gasteiger partial charge >= 0.3 is 0 Å². The topological polar surface area (TPSA) is 34.0 Å². The first-order valence-corrected chi connectivity index (χ1v) is 6.97. The molecule has 2 aromatic rings. The van der Waals surface area contributed by atoms with Crippen LogP contribution in [0.15, 0.2) is 58.7 Å². The number of ether oxygens (including phenoxy) is 1. The second kappa shape index (κ2) is 7.04. The molecule has 0 fully saturated rings. The Bertz CT molecular complexity index is 658. The maximum Gasteiger partial charge on any atom is 0.118 e. The highest BCUT2D eigenvalue weighted by atomic mass is 35.5. The molecule has 2 aromatic carbocycles. The van der Waals surface area contributed by atoms with Gasteiger partial charge in [-0.05, 0) is 61.4 Å². The zero-order valence-electron chi connectivity index (χ0n) is 12.3. The van der Waals surface area contributed by atoms with E-state index in [0.29, 0.717) is 5.02 Å². The van der Waals surface area contributed by atoms with Gasteiger partial charge in [-0.25, -0.2) is 0 Å². The summed E-state index contributed by atoms with van der Waals surface area (Å²) in [6.07, 6.45) is 0. The summed E-state index contributed by atoms with van der Waals surface area (Å²) >= 11 is 5.87. The highest BCUT2D eigenvalue weighted by molar-refractivity contribution is 6.30. The molecule has 0 N–H and O–H groups in total. The minimum absolute atomic E-state index is 0.712. The fourth-order valence-electron chi connectivity index (χ4n) is 1.79. The van der Waals surface area contributed by atoms with Crippen molar-refractivity contribution in [2.24, 2.45) is 10.2 Å². The van der Waals surface area contributed by atoms with Crippen LogP contribution >= 0.6 is 11.6 Å². The van der Waals surface area contributed by atoms with Crippen molar-refractivity contribution in [3.8, 4) is 5.75 Å². The van der Waals surface area contributed by atoms with Crippen LogP contribution < -0.4 is 4.74 Å². The van der Waals surface area contributed by atoms with Crippen LogP contribution in [0.3, 0.4) is 0 Å². The standard InChI is InChI=1S/C17H17ClN2O/c1-12(14-4-8-16(18)9-5-14)19-20-13(2)15-6-10-17(21-3)11-7-15/h4-11H,1-3H3. The summed E-state index contributed by atoms with van der Waals surface area (Å²) in [6, 6.07) is 15.3. The van der Waals surface area contributed by atoms with E-state index in [2.05, 4.69) is 10.2 Å². The summed E-state index contributed by atoms with van der Waals surface area (Å²) < 4.78 is 5.14. The highest BCUT2D eigenvalue weighted by Gasteiger charge is 1.99. The molecule has 0 atom stereocenters. The Labute approximate surface area is 129 Å². The zero-order chi connectivity index (χ0) is 15.2. The molecule has 0 spiro atoms. The van der Waals surface area contributed by atoms with E-state index >= 15 is 0 Å². The fourth-order valence-corrected chi connectivity index (χ4v) is 1.91. The molecule has 0 saturated heterocycles. The average Bonchev–Trinajstić information content (AvgIpc) is 2.53. The van der Waals surface area contributed by atoms with Gasteiger partial charge in [0.05, 0.1) is 18.5 Å². The molecule has 21 heavy (non-hydrogen) atoms. The third-order valence-electron chi connectivity index (χ3n) is 3.12. The van der Waals surface area contributed by atoms with E-state index in [1.54, 1.807) is 7.11 Å². The van der Waals surface area contributed by atoms with Gasteiger partial charge in [0, 0.05) is 5.02 Å². The number of benzene rings is 2. The normalized spacial score (nSPS) is 12.4. The zero-order valence-corrected chi connectivity index (χ0v) is 13.1. The summed E-state index contributed by atoms with van der Waals surface area (Å²) in [4.78, 5) is 0. The van der Waals surface area contributed by atoms with Crippen molar-refractivity contribution in [1.82, 2.24) is 0 Å². The van der Waals surface area contributed by atoms with Crippen molar-refractivity contribution in [1.29, 1.82) is 0 Å². The third-order valence-corrected chi connectivity index (χ3v) is 3.37. The summed E-state index contributed by atoms with van der Waals surface area (Å²) in [6.45, 7) is 3.86. The second-order valence-corrected chi connectivity index (χ2v) is 5.04. The van der Waals surface area contributed by atoms with Gasteiger partial charge in [0.15, 0.2) is 0 Å². The van der Waals surface area contributed by atoms with Gasteiger partial charge in [0.2, 0.25) is 0 Å². The van der Waals surface area contributed by atoms with Crippen LogP contribution in [0.4, 0.5) is 0 Å². The van der Waals surface area contributed by atoms with Crippen molar-refractivity contribution < 1.29 is 4.74 Å². The lowest BCUT2D eigenvalue weighted by Crippen LogP contribution is -1.97. The lowest BCUT2D eigenvalue weighted by molar-refractivity contribution is 0.415. The summed E-state index contributed by atoms with van der Waals surface area (Å²) in [7, 11) is 1.65. The van der Waals surface area contributed by atoms with E-state index in [4.69, 9.17) is 16.3 Å². The molecule has 108 valence electrons. The van der Waals surface area contributed by atoms with Crippen LogP contribution in [0, 0.1) is 0 Å². The van der Waals surface area contributed by atoms with E-state index in [-0.39, 0.29) is 0 Å². The molecule has 0 aliphatic carbocycles. The van der Waals surface area contributed by atoms with Crippen molar-refractivity contribution >= 4 is 23.0 Å². The van der Waals surface area contributed by atoms with Gasteiger partial charge < -0.3 is 4.74 Å². The van der Waals surface area contributed by atoms with Gasteiger partial charge in [-0.2, -0.15) is 10.2 Å². The van der Waals surface area contributed by atoms with Crippen molar-refractivity contribution in [2.75, 3.05) is 7.11 Å². The lowest BCUT2D eigenvalue weighted by atomic mass is 10.1. The smallest absolute Gasteiger partial charge is 0.118 e. The monoisotopic (exact) mass is 300 g/mol. The fraction of sp³-hybridized carbons (Fsp3) is 0.176. The van der Waals surface area contributed by atoms with E-state index in [9.17, 15) is 0 Å². The Morgan fingerprint density at radius 1 is 0.810 bits per heavy atom. The van der Waals surface area contributed by atoms with E-state index in [1.807, 2.05) is 62.4 Å². The number of methoxy groups -OCH3 is 1. The van der Waals surface area contributed by atoms with Gasteiger partial charge in [0.1, 0.15) is 5.75 Å². The summed E-state index contributed by atoms with van der Waals surface area (Å²) in [5.74, 6) is 0.826. The second-order valence-electron chi connectivity index (χ2n) is 4.61. The molecule has 0 aliphatic heterocycles. The lowest BCUT2D eigenvalue weighted by Gasteiger charge is -2.02. The van der Waals surface area contributed by atoms with Crippen molar-refractivity contribution in [3.63, 3.8) is 0 Å². The molecule has 0 aromatic heterocycles. The Morgan fingerprint density at radius 2 is 1.24 bits per heavy atom. The molecule has 4 heteroatoms. The maximum atomic E-state index is 5.87. The molecule has 0 aliphatic rings. The van der Waals surface area contributed by atoms with Crippen LogP contribution in [0.2, 0.25) is 5.02 Å². The first-order chi connectivity index (χ1) is 10.1. The minimum atomic E-state index is 0.712. The molecule has 0 amide bonds. The van der Waals surface area contributed by atoms with Crippen molar-refractivity contribution in [2.45, 2.75) is 13.8 Å². The largest absolute Gasteiger partial charge is 0.497 e. The Balaban J connectivity index is 2.17. The van der Waals surface area contributed by atoms with Crippen molar-refractivity contribution in [3.05, 3.63) is 64.7 Å². The molecular formula is C17H17ClN2O. The predicted molar refractivity (Wildman–Crippen MR) is 88.9 cm³/mol. The van der Waals surface area contributed by atoms with Gasteiger partial charge in [-0.15, -0.1) is 0 Å². The summed E-state index contributed by atoms with van der Waals surface area (Å²) in [5, 5.41) is 9.27. The molecule has 2 rings (SSSR count). The molecular weight excluding hydrogens is 284 g/mol. The Morgan fingerprint density at radius 3 is 1.67 bits per heavy atom. The third kappa shape index (κ3) is 4.17. The number of nitrogens with zero attached hydrogens (tertiary/aromatic N) is 2. The molecule has 0 saturated carbocycles. The Kier molecular flexibility index (Phi) is 5.12. The first-order valence-electron chi connectivity index (χ1n) is 6.59. The van der Waals surface area contributed by atoms with E-state index in [0.717, 1.165) is 28.3 Å². The van der Waals surface area contributed by atoms with Crippen LogP contribution in [0.5, 0.6) is 5.75 Å². The van der Waals surface area contributed by atoms with Crippen LogP contribution in [0.25, 0.3) is 0 Å². The minimum Gasteiger partial charge on any atom is -0.497 e. The number of halogens is 1. The van der Waals surface area contributed by atoms with Gasteiger partial charge in [-0.1, -0.05) is 23.7 Å². The molecule has 3 nitrogen and oxygen atoms in total. The molecule has 0 unspecified atom stereocenters. The molecule has 0 bridgehead atoms. The average molecular weight is 301 g/mol. The van der Waals surface area contributed by atoms with E-state index in [1.165, 1.54) is 0 Å². The highest BCUT2D eigenvalue weighted by Crippen LogP contribution is 2.13. The molecule has 0 heterocycles. The maximum absolute atomic E-state index is 5.87. The van der Waals surface area contributed by atoms with Gasteiger partial charge in [-0.3, -0.25) is 0 Å². The van der Waals surface area contributed by atoms with Crippen LogP contribution in [-0.4, -0.2) is 18.5 Å². The van der Waals surface area contributed by atoms with E-state index < -0.39 is 0 Å². The predicted octanol–water partition coefficient (Wildman–Crippen LogP) is 4.58. The number of rotatable bonds is 4. The van der Waals surface area contributed by atoms with Gasteiger partial charge in [0.25, 0.3) is 0 Å². The number of hydrogen-bond donors (Lipinski definition) is 0. The first kappa shape index (κ1) is 15.3. The quantitative estimate of drug-likeness (QED) is 0.601. The van der Waals surface area contributed by atoms with Crippen LogP contribution in [-0.2, 0) is 0 Å².